The summed E-state index contributed by atoms with van der Waals surface area (Å²) in [7, 11) is 0. The standard InChI is InChI=1S/C13H18.C5H8.C4H8/c1-5-11(3)12(4)13-8-6-10(2)7-9-13;1-3-5-4-2;1-4(2)3/h6-9H,5H2,1-4H3;3-5H,1H2,2H3;1H2,2-3H3/b12-11-;5-4-;. The molecule has 1 aromatic rings. The van der Waals surface area contributed by atoms with E-state index in [4.69, 9.17) is 0 Å². The van der Waals surface area contributed by atoms with Gasteiger partial charge in [0, 0.05) is 0 Å². The largest absolute Gasteiger partial charge is 0.100 e. The fraction of sp³-hybridized carbons (Fsp3) is 0.364. The van der Waals surface area contributed by atoms with Gasteiger partial charge < -0.3 is 0 Å². The summed E-state index contributed by atoms with van der Waals surface area (Å²) in [5.41, 5.74) is 6.74. The number of aryl methyl sites for hydroxylation is 1. The molecule has 0 unspecified atom stereocenters. The number of rotatable bonds is 3. The van der Waals surface area contributed by atoms with Gasteiger partial charge in [-0.1, -0.05) is 72.7 Å². The minimum absolute atomic E-state index is 1.14. The van der Waals surface area contributed by atoms with Crippen LogP contribution < -0.4 is 0 Å². The minimum Gasteiger partial charge on any atom is -0.100 e. The highest BCUT2D eigenvalue weighted by molar-refractivity contribution is 5.66. The maximum absolute atomic E-state index is 3.56. The second kappa shape index (κ2) is 14.1. The van der Waals surface area contributed by atoms with Crippen molar-refractivity contribution in [2.45, 2.75) is 54.9 Å². The molecular formula is C22H34. The lowest BCUT2D eigenvalue weighted by Crippen LogP contribution is -1.84. The van der Waals surface area contributed by atoms with Crippen molar-refractivity contribution in [3.63, 3.8) is 0 Å². The quantitative estimate of drug-likeness (QED) is 0.399. The van der Waals surface area contributed by atoms with E-state index in [9.17, 15) is 0 Å². The van der Waals surface area contributed by atoms with Gasteiger partial charge >= 0.3 is 0 Å². The molecule has 0 N–H and O–H groups in total. The third-order valence-electron chi connectivity index (χ3n) is 2.98. The molecule has 0 bridgehead atoms. The molecule has 0 amide bonds. The average Bonchev–Trinajstić information content (AvgIpc) is 2.47. The van der Waals surface area contributed by atoms with E-state index in [1.165, 1.54) is 27.8 Å². The predicted molar refractivity (Wildman–Crippen MR) is 105 cm³/mol. The van der Waals surface area contributed by atoms with Gasteiger partial charge in [0.25, 0.3) is 0 Å². The molecule has 122 valence electrons. The lowest BCUT2D eigenvalue weighted by molar-refractivity contribution is 1.10. The van der Waals surface area contributed by atoms with Crippen molar-refractivity contribution in [1.29, 1.82) is 0 Å². The van der Waals surface area contributed by atoms with Gasteiger partial charge in [-0.25, -0.2) is 0 Å². The van der Waals surface area contributed by atoms with E-state index >= 15 is 0 Å². The maximum atomic E-state index is 3.56. The Kier molecular flexibility index (Phi) is 14.4. The van der Waals surface area contributed by atoms with Gasteiger partial charge in [0.05, 0.1) is 0 Å². The van der Waals surface area contributed by atoms with Crippen LogP contribution in [0.15, 0.2) is 66.8 Å². The van der Waals surface area contributed by atoms with E-state index in [1.807, 2.05) is 32.9 Å². The molecule has 1 rings (SSSR count). The van der Waals surface area contributed by atoms with Gasteiger partial charge in [-0.05, 0) is 59.1 Å². The smallest absolute Gasteiger partial charge is 0.0228 e. The van der Waals surface area contributed by atoms with Crippen LogP contribution in [0, 0.1) is 6.92 Å². The summed E-state index contributed by atoms with van der Waals surface area (Å²) in [6, 6.07) is 8.73. The third kappa shape index (κ3) is 13.2. The van der Waals surface area contributed by atoms with Crippen molar-refractivity contribution in [3.05, 3.63) is 77.9 Å². The van der Waals surface area contributed by atoms with Crippen LogP contribution in [-0.2, 0) is 0 Å². The molecule has 22 heavy (non-hydrogen) atoms. The van der Waals surface area contributed by atoms with Crippen molar-refractivity contribution in [1.82, 2.24) is 0 Å². The van der Waals surface area contributed by atoms with Crippen LogP contribution in [0.3, 0.4) is 0 Å². The molecule has 0 nitrogen and oxygen atoms in total. The van der Waals surface area contributed by atoms with Crippen molar-refractivity contribution in [2.75, 3.05) is 0 Å². The molecule has 0 heteroatoms. The molecule has 0 aliphatic rings. The Hall–Kier alpha value is -1.82. The number of hydrogen-bond donors (Lipinski definition) is 0. The van der Waals surface area contributed by atoms with Crippen LogP contribution >= 0.6 is 0 Å². The highest BCUT2D eigenvalue weighted by atomic mass is 14.0. The van der Waals surface area contributed by atoms with Gasteiger partial charge in [0.15, 0.2) is 0 Å². The fourth-order valence-corrected chi connectivity index (χ4v) is 1.45. The maximum Gasteiger partial charge on any atom is -0.0228 e. The summed E-state index contributed by atoms with van der Waals surface area (Å²) in [5.74, 6) is 0. The fourth-order valence-electron chi connectivity index (χ4n) is 1.45. The molecule has 0 saturated heterocycles. The van der Waals surface area contributed by atoms with Crippen LogP contribution in [0.2, 0.25) is 0 Å². The van der Waals surface area contributed by atoms with Crippen LogP contribution in [0.25, 0.3) is 5.57 Å². The first-order chi connectivity index (χ1) is 10.3. The first-order valence-electron chi connectivity index (χ1n) is 7.89. The second-order valence-corrected chi connectivity index (χ2v) is 5.59. The van der Waals surface area contributed by atoms with E-state index < -0.39 is 0 Å². The Morgan fingerprint density at radius 3 is 1.77 bits per heavy atom. The summed E-state index contributed by atoms with van der Waals surface area (Å²) in [4.78, 5) is 0. The van der Waals surface area contributed by atoms with Gasteiger partial charge in [0.2, 0.25) is 0 Å². The van der Waals surface area contributed by atoms with E-state index in [-0.39, 0.29) is 0 Å². The first kappa shape index (κ1) is 22.5. The van der Waals surface area contributed by atoms with Crippen molar-refractivity contribution in [2.24, 2.45) is 0 Å². The van der Waals surface area contributed by atoms with Crippen LogP contribution in [0.4, 0.5) is 0 Å². The molecular weight excluding hydrogens is 264 g/mol. The van der Waals surface area contributed by atoms with E-state index in [2.05, 4.69) is 65.1 Å². The molecule has 1 aromatic carbocycles. The highest BCUT2D eigenvalue weighted by Crippen LogP contribution is 2.19. The highest BCUT2D eigenvalue weighted by Gasteiger charge is 1.97. The zero-order valence-electron chi connectivity index (χ0n) is 15.7. The molecule has 0 aliphatic heterocycles. The predicted octanol–water partition coefficient (Wildman–Crippen LogP) is 7.53. The Bertz CT molecular complexity index is 477. The molecule has 0 saturated carbocycles. The Labute approximate surface area is 139 Å². The van der Waals surface area contributed by atoms with Crippen LogP contribution in [0.5, 0.6) is 0 Å². The topological polar surface area (TPSA) is 0 Å². The zero-order chi connectivity index (χ0) is 17.5. The molecule has 0 fully saturated rings. The molecule has 0 radical (unpaired) electrons. The molecule has 0 heterocycles. The van der Waals surface area contributed by atoms with Crippen LogP contribution in [0.1, 0.15) is 59.1 Å². The molecule has 0 spiro atoms. The van der Waals surface area contributed by atoms with Crippen molar-refractivity contribution in [3.8, 4) is 0 Å². The lowest BCUT2D eigenvalue weighted by atomic mass is 10.0. The second-order valence-electron chi connectivity index (χ2n) is 5.59. The van der Waals surface area contributed by atoms with E-state index in [0.717, 1.165) is 6.42 Å². The summed E-state index contributed by atoms with van der Waals surface area (Å²) in [5, 5.41) is 0. The third-order valence-corrected chi connectivity index (χ3v) is 2.98. The van der Waals surface area contributed by atoms with Gasteiger partial charge in [-0.15, -0.1) is 6.58 Å². The average molecular weight is 299 g/mol. The summed E-state index contributed by atoms with van der Waals surface area (Å²) in [6.45, 7) is 21.6. The Morgan fingerprint density at radius 2 is 1.50 bits per heavy atom. The SMILES string of the molecule is C=C(C)C.C=C/C=C\C.CC/C(C)=C(/C)c1ccc(C)cc1. The zero-order valence-corrected chi connectivity index (χ0v) is 15.7. The number of hydrogen-bond acceptors (Lipinski definition) is 0. The van der Waals surface area contributed by atoms with E-state index in [0.29, 0.717) is 0 Å². The number of benzene rings is 1. The van der Waals surface area contributed by atoms with Gasteiger partial charge in [0.1, 0.15) is 0 Å². The number of allylic oxidation sites excluding steroid dienone is 6. The molecule has 0 atom stereocenters. The molecule has 0 aromatic heterocycles. The molecule has 0 aliphatic carbocycles. The normalized spacial score (nSPS) is 10.7. The summed E-state index contributed by atoms with van der Waals surface area (Å²) in [6.07, 6.45) is 6.71. The summed E-state index contributed by atoms with van der Waals surface area (Å²) < 4.78 is 0. The van der Waals surface area contributed by atoms with Gasteiger partial charge in [-0.2, -0.15) is 0 Å². The minimum atomic E-state index is 1.14. The van der Waals surface area contributed by atoms with Crippen LogP contribution in [-0.4, -0.2) is 0 Å². The van der Waals surface area contributed by atoms with Gasteiger partial charge in [-0.3, -0.25) is 0 Å². The summed E-state index contributed by atoms with van der Waals surface area (Å²) >= 11 is 0. The lowest BCUT2D eigenvalue weighted by Gasteiger charge is -2.06. The van der Waals surface area contributed by atoms with Crippen molar-refractivity contribution < 1.29 is 0 Å². The Morgan fingerprint density at radius 1 is 1.05 bits per heavy atom. The Balaban J connectivity index is 0. The first-order valence-corrected chi connectivity index (χ1v) is 7.89. The van der Waals surface area contributed by atoms with E-state index in [1.54, 1.807) is 6.08 Å². The van der Waals surface area contributed by atoms with Crippen molar-refractivity contribution >= 4 is 5.57 Å². The monoisotopic (exact) mass is 298 g/mol.